The van der Waals surface area contributed by atoms with Crippen molar-refractivity contribution in [2.24, 2.45) is 0 Å². The first-order valence-corrected chi connectivity index (χ1v) is 8.75. The van der Waals surface area contributed by atoms with Gasteiger partial charge in [0.25, 0.3) is 0 Å². The molecule has 0 radical (unpaired) electrons. The van der Waals surface area contributed by atoms with Crippen molar-refractivity contribution in [2.45, 2.75) is 32.2 Å². The molecule has 3 N–H and O–H groups in total. The van der Waals surface area contributed by atoms with Crippen molar-refractivity contribution in [3.63, 3.8) is 0 Å². The van der Waals surface area contributed by atoms with Gasteiger partial charge in [0.2, 0.25) is 17.7 Å². The minimum absolute atomic E-state index is 0.0959. The second kappa shape index (κ2) is 12.1. The average molecular weight is 415 g/mol. The third kappa shape index (κ3) is 9.30. The number of rotatable bonds is 10. The molecule has 6 nitrogen and oxygen atoms in total. The number of amides is 3. The van der Waals surface area contributed by atoms with Gasteiger partial charge in [-0.2, -0.15) is 0 Å². The Kier molecular flexibility index (Phi) is 11.8. The number of hydrogen-bond acceptors (Lipinski definition) is 3. The highest BCUT2D eigenvalue weighted by atomic mass is 79.9. The predicted molar refractivity (Wildman–Crippen MR) is 85.1 cm³/mol. The molecule has 0 aromatic carbocycles. The number of carbonyl (C=O) groups excluding carboxylic acids is 3. The molecule has 0 spiro atoms. The molecular formula is C12H21Br2N3O3. The van der Waals surface area contributed by atoms with Gasteiger partial charge in [-0.15, -0.1) is 0 Å². The SMILES string of the molecule is CCCNC(=O)C(CCCNC(=O)CBr)NC(=O)CBr. The minimum Gasteiger partial charge on any atom is -0.355 e. The first kappa shape index (κ1) is 19.4. The first-order valence-electron chi connectivity index (χ1n) is 6.50. The van der Waals surface area contributed by atoms with E-state index in [0.29, 0.717) is 25.9 Å². The van der Waals surface area contributed by atoms with E-state index in [1.807, 2.05) is 6.92 Å². The van der Waals surface area contributed by atoms with Crippen LogP contribution >= 0.6 is 31.9 Å². The lowest BCUT2D eigenvalue weighted by Crippen LogP contribution is -2.47. The summed E-state index contributed by atoms with van der Waals surface area (Å²) in [4.78, 5) is 34.3. The molecule has 1 atom stereocenters. The molecule has 0 bridgehead atoms. The van der Waals surface area contributed by atoms with E-state index >= 15 is 0 Å². The molecular weight excluding hydrogens is 394 g/mol. The van der Waals surface area contributed by atoms with Crippen LogP contribution in [-0.4, -0.2) is 47.5 Å². The van der Waals surface area contributed by atoms with Crippen LogP contribution in [0.2, 0.25) is 0 Å². The summed E-state index contributed by atoms with van der Waals surface area (Å²) in [5.74, 6) is -0.513. The van der Waals surface area contributed by atoms with Crippen molar-refractivity contribution in [1.29, 1.82) is 0 Å². The van der Waals surface area contributed by atoms with Crippen LogP contribution in [0.1, 0.15) is 26.2 Å². The molecule has 1 unspecified atom stereocenters. The highest BCUT2D eigenvalue weighted by Crippen LogP contribution is 1.99. The molecule has 0 heterocycles. The summed E-state index contributed by atoms with van der Waals surface area (Å²) in [6.07, 6.45) is 1.94. The second-order valence-corrected chi connectivity index (χ2v) is 5.29. The number of halogens is 2. The molecule has 0 fully saturated rings. The zero-order chi connectivity index (χ0) is 15.4. The summed E-state index contributed by atoms with van der Waals surface area (Å²) in [5, 5.41) is 8.53. The number of nitrogens with one attached hydrogen (secondary N) is 3. The lowest BCUT2D eigenvalue weighted by Gasteiger charge is -2.18. The monoisotopic (exact) mass is 413 g/mol. The average Bonchev–Trinajstić information content (AvgIpc) is 2.46. The highest BCUT2D eigenvalue weighted by molar-refractivity contribution is 9.09. The van der Waals surface area contributed by atoms with Crippen molar-refractivity contribution in [3.05, 3.63) is 0 Å². The molecule has 0 rings (SSSR count). The Morgan fingerprint density at radius 3 is 2.20 bits per heavy atom. The van der Waals surface area contributed by atoms with E-state index in [4.69, 9.17) is 0 Å². The topological polar surface area (TPSA) is 87.3 Å². The standard InChI is InChI=1S/C12H21Br2N3O3/c1-2-5-16-12(20)9(17-11(19)8-14)4-3-6-15-10(18)7-13/h9H,2-8H2,1H3,(H,15,18)(H,16,20)(H,17,19). The Bertz CT molecular complexity index is 327. The van der Waals surface area contributed by atoms with Crippen LogP contribution in [0.25, 0.3) is 0 Å². The van der Waals surface area contributed by atoms with Gasteiger partial charge < -0.3 is 16.0 Å². The summed E-state index contributed by atoms with van der Waals surface area (Å²) in [5.41, 5.74) is 0. The van der Waals surface area contributed by atoms with Gasteiger partial charge in [-0.1, -0.05) is 38.8 Å². The van der Waals surface area contributed by atoms with Crippen LogP contribution < -0.4 is 16.0 Å². The lowest BCUT2D eigenvalue weighted by molar-refractivity contribution is -0.128. The van der Waals surface area contributed by atoms with Gasteiger partial charge in [-0.05, 0) is 19.3 Å². The molecule has 20 heavy (non-hydrogen) atoms. The summed E-state index contributed by atoms with van der Waals surface area (Å²) in [6.45, 7) is 3.02. The van der Waals surface area contributed by atoms with E-state index in [-0.39, 0.29) is 28.4 Å². The van der Waals surface area contributed by atoms with Crippen molar-refractivity contribution in [2.75, 3.05) is 23.7 Å². The molecule has 0 saturated heterocycles. The zero-order valence-electron chi connectivity index (χ0n) is 11.5. The Labute approximate surface area is 136 Å². The lowest BCUT2D eigenvalue weighted by atomic mass is 10.1. The van der Waals surface area contributed by atoms with Crippen LogP contribution in [0.4, 0.5) is 0 Å². The number of alkyl halides is 2. The van der Waals surface area contributed by atoms with Crippen molar-refractivity contribution < 1.29 is 14.4 Å². The van der Waals surface area contributed by atoms with E-state index in [0.717, 1.165) is 6.42 Å². The van der Waals surface area contributed by atoms with Crippen LogP contribution in [0.3, 0.4) is 0 Å². The summed E-state index contributed by atoms with van der Waals surface area (Å²) in [7, 11) is 0. The minimum atomic E-state index is -0.563. The summed E-state index contributed by atoms with van der Waals surface area (Å²) < 4.78 is 0. The molecule has 8 heteroatoms. The van der Waals surface area contributed by atoms with Gasteiger partial charge in [0, 0.05) is 13.1 Å². The largest absolute Gasteiger partial charge is 0.355 e. The van der Waals surface area contributed by atoms with Crippen molar-refractivity contribution in [3.8, 4) is 0 Å². The van der Waals surface area contributed by atoms with Crippen LogP contribution in [-0.2, 0) is 14.4 Å². The maximum atomic E-state index is 11.9. The fourth-order valence-electron chi connectivity index (χ4n) is 1.45. The molecule has 0 aliphatic heterocycles. The molecule has 0 aromatic rings. The van der Waals surface area contributed by atoms with Crippen LogP contribution in [0.15, 0.2) is 0 Å². The molecule has 0 aromatic heterocycles. The zero-order valence-corrected chi connectivity index (χ0v) is 14.7. The molecule has 0 saturated carbocycles. The van der Waals surface area contributed by atoms with Gasteiger partial charge in [-0.25, -0.2) is 0 Å². The fraction of sp³-hybridized carbons (Fsp3) is 0.750. The maximum Gasteiger partial charge on any atom is 0.242 e. The van der Waals surface area contributed by atoms with Crippen molar-refractivity contribution >= 4 is 49.6 Å². The number of hydrogen-bond donors (Lipinski definition) is 3. The Balaban J connectivity index is 4.20. The first-order chi connectivity index (χ1) is 9.54. The maximum absolute atomic E-state index is 11.9. The van der Waals surface area contributed by atoms with Crippen LogP contribution in [0, 0.1) is 0 Å². The van der Waals surface area contributed by atoms with Gasteiger partial charge in [0.15, 0.2) is 0 Å². The van der Waals surface area contributed by atoms with E-state index < -0.39 is 6.04 Å². The van der Waals surface area contributed by atoms with Gasteiger partial charge in [0.05, 0.1) is 10.7 Å². The third-order valence-electron chi connectivity index (χ3n) is 2.44. The predicted octanol–water partition coefficient (Wildman–Crippen LogP) is 0.684. The smallest absolute Gasteiger partial charge is 0.242 e. The highest BCUT2D eigenvalue weighted by Gasteiger charge is 2.19. The summed E-state index contributed by atoms with van der Waals surface area (Å²) >= 11 is 6.10. The Morgan fingerprint density at radius 1 is 1.00 bits per heavy atom. The fourth-order valence-corrected chi connectivity index (χ4v) is 1.81. The van der Waals surface area contributed by atoms with E-state index in [1.165, 1.54) is 0 Å². The quantitative estimate of drug-likeness (QED) is 0.363. The van der Waals surface area contributed by atoms with Crippen molar-refractivity contribution in [1.82, 2.24) is 16.0 Å². The molecule has 3 amide bonds. The summed E-state index contributed by atoms with van der Waals surface area (Å²) in [6, 6.07) is -0.563. The molecule has 0 aliphatic rings. The van der Waals surface area contributed by atoms with E-state index in [1.54, 1.807) is 0 Å². The molecule has 0 aliphatic carbocycles. The Morgan fingerprint density at radius 2 is 1.65 bits per heavy atom. The van der Waals surface area contributed by atoms with Gasteiger partial charge in [-0.3, -0.25) is 14.4 Å². The van der Waals surface area contributed by atoms with Crippen LogP contribution in [0.5, 0.6) is 0 Å². The van der Waals surface area contributed by atoms with Gasteiger partial charge in [0.1, 0.15) is 6.04 Å². The number of carbonyl (C=O) groups is 3. The Hall–Kier alpha value is -0.630. The third-order valence-corrected chi connectivity index (χ3v) is 3.45. The molecule has 116 valence electrons. The second-order valence-electron chi connectivity index (χ2n) is 4.17. The van der Waals surface area contributed by atoms with Gasteiger partial charge >= 0.3 is 0 Å². The normalized spacial score (nSPS) is 11.6. The van der Waals surface area contributed by atoms with E-state index in [9.17, 15) is 14.4 Å². The van der Waals surface area contributed by atoms with E-state index in [2.05, 4.69) is 47.8 Å².